The van der Waals surface area contributed by atoms with Gasteiger partial charge in [-0.15, -0.1) is 0 Å². The van der Waals surface area contributed by atoms with E-state index >= 15 is 0 Å². The van der Waals surface area contributed by atoms with Crippen LogP contribution in [0.1, 0.15) is 53.9 Å². The van der Waals surface area contributed by atoms with E-state index in [1.807, 2.05) is 0 Å². The summed E-state index contributed by atoms with van der Waals surface area (Å²) in [6.07, 6.45) is 0.812. The fraction of sp³-hybridized carbons (Fsp3) is 0.762. The SMILES string of the molecule is CC(=O)COCCOCCNC(=O)CCC(C=O)NC(=O)C(C)(C)CC(C)(C)C(=O)O. The molecule has 0 aromatic rings. The van der Waals surface area contributed by atoms with Gasteiger partial charge < -0.3 is 30.0 Å². The van der Waals surface area contributed by atoms with E-state index in [4.69, 9.17) is 9.47 Å². The van der Waals surface area contributed by atoms with E-state index in [2.05, 4.69) is 10.6 Å². The summed E-state index contributed by atoms with van der Waals surface area (Å²) in [5.41, 5.74) is -2.10. The quantitative estimate of drug-likeness (QED) is 0.219. The van der Waals surface area contributed by atoms with Crippen LogP contribution in [0, 0.1) is 10.8 Å². The molecule has 178 valence electrons. The number of carbonyl (C=O) groups excluding carboxylic acids is 4. The monoisotopic (exact) mass is 444 g/mol. The molecule has 3 N–H and O–H groups in total. The van der Waals surface area contributed by atoms with E-state index in [1.54, 1.807) is 13.8 Å². The van der Waals surface area contributed by atoms with Crippen molar-refractivity contribution in [1.82, 2.24) is 10.6 Å². The Balaban J connectivity index is 4.23. The molecular formula is C21H36N2O8. The van der Waals surface area contributed by atoms with Gasteiger partial charge in [-0.25, -0.2) is 0 Å². The Hall–Kier alpha value is -2.33. The molecule has 0 saturated carbocycles. The van der Waals surface area contributed by atoms with Gasteiger partial charge in [0, 0.05) is 18.4 Å². The molecule has 0 rings (SSSR count). The van der Waals surface area contributed by atoms with Crippen LogP contribution in [-0.2, 0) is 33.4 Å². The first-order chi connectivity index (χ1) is 14.3. The minimum absolute atomic E-state index is 0.0342. The number of rotatable bonds is 17. The second-order valence-corrected chi connectivity index (χ2v) is 8.72. The highest BCUT2D eigenvalue weighted by Gasteiger charge is 2.39. The van der Waals surface area contributed by atoms with Crippen LogP contribution in [-0.4, -0.2) is 74.0 Å². The van der Waals surface area contributed by atoms with Crippen LogP contribution in [0.4, 0.5) is 0 Å². The Labute approximate surface area is 183 Å². The fourth-order valence-corrected chi connectivity index (χ4v) is 2.87. The number of Topliss-reactive ketones (excluding diaryl/α,β-unsaturated/α-hetero) is 1. The van der Waals surface area contributed by atoms with E-state index in [-0.39, 0.29) is 57.3 Å². The highest BCUT2D eigenvalue weighted by molar-refractivity contribution is 5.86. The van der Waals surface area contributed by atoms with Crippen molar-refractivity contribution < 1.29 is 38.6 Å². The third-order valence-corrected chi connectivity index (χ3v) is 4.49. The van der Waals surface area contributed by atoms with Crippen LogP contribution in [0.25, 0.3) is 0 Å². The van der Waals surface area contributed by atoms with Crippen molar-refractivity contribution in [2.45, 2.75) is 59.9 Å². The Morgan fingerprint density at radius 1 is 1.00 bits per heavy atom. The van der Waals surface area contributed by atoms with Gasteiger partial charge in [0.25, 0.3) is 0 Å². The Morgan fingerprint density at radius 3 is 2.16 bits per heavy atom. The predicted molar refractivity (Wildman–Crippen MR) is 112 cm³/mol. The Morgan fingerprint density at radius 2 is 1.61 bits per heavy atom. The zero-order chi connectivity index (χ0) is 24.1. The van der Waals surface area contributed by atoms with Crippen molar-refractivity contribution in [2.75, 3.05) is 33.0 Å². The van der Waals surface area contributed by atoms with Crippen molar-refractivity contribution in [3.8, 4) is 0 Å². The van der Waals surface area contributed by atoms with Crippen molar-refractivity contribution in [3.05, 3.63) is 0 Å². The van der Waals surface area contributed by atoms with E-state index < -0.39 is 28.7 Å². The maximum absolute atomic E-state index is 12.5. The molecule has 2 amide bonds. The van der Waals surface area contributed by atoms with Gasteiger partial charge in [-0.3, -0.25) is 19.2 Å². The average molecular weight is 445 g/mol. The molecule has 0 aliphatic carbocycles. The lowest BCUT2D eigenvalue weighted by molar-refractivity contribution is -0.150. The third kappa shape index (κ3) is 12.8. The molecule has 0 spiro atoms. The number of aliphatic carboxylic acids is 1. The van der Waals surface area contributed by atoms with Crippen molar-refractivity contribution in [3.63, 3.8) is 0 Å². The molecule has 0 aromatic heterocycles. The second kappa shape index (κ2) is 13.9. The number of carboxylic acids is 1. The summed E-state index contributed by atoms with van der Waals surface area (Å²) in [5, 5.41) is 14.5. The highest BCUT2D eigenvalue weighted by Crippen LogP contribution is 2.34. The lowest BCUT2D eigenvalue weighted by Crippen LogP contribution is -2.46. The van der Waals surface area contributed by atoms with E-state index in [1.165, 1.54) is 20.8 Å². The summed E-state index contributed by atoms with van der Waals surface area (Å²) in [4.78, 5) is 57.7. The smallest absolute Gasteiger partial charge is 0.309 e. The lowest BCUT2D eigenvalue weighted by atomic mass is 9.74. The topological polar surface area (TPSA) is 148 Å². The van der Waals surface area contributed by atoms with Crippen LogP contribution >= 0.6 is 0 Å². The summed E-state index contributed by atoms with van der Waals surface area (Å²) < 4.78 is 10.3. The summed E-state index contributed by atoms with van der Waals surface area (Å²) >= 11 is 0. The molecule has 1 atom stereocenters. The fourth-order valence-electron chi connectivity index (χ4n) is 2.87. The molecule has 31 heavy (non-hydrogen) atoms. The number of amides is 2. The van der Waals surface area contributed by atoms with Gasteiger partial charge in [-0.1, -0.05) is 13.8 Å². The van der Waals surface area contributed by atoms with Crippen LogP contribution in [0.2, 0.25) is 0 Å². The van der Waals surface area contributed by atoms with Crippen LogP contribution in [0.5, 0.6) is 0 Å². The molecule has 0 aromatic carbocycles. The zero-order valence-electron chi connectivity index (χ0n) is 19.1. The Kier molecular flexibility index (Phi) is 12.8. The molecule has 0 radical (unpaired) electrons. The number of aldehydes is 1. The summed E-state index contributed by atoms with van der Waals surface area (Å²) in [6.45, 7) is 8.92. The molecule has 0 aliphatic heterocycles. The second-order valence-electron chi connectivity index (χ2n) is 8.72. The highest BCUT2D eigenvalue weighted by atomic mass is 16.5. The first-order valence-electron chi connectivity index (χ1n) is 10.2. The van der Waals surface area contributed by atoms with Gasteiger partial charge in [-0.2, -0.15) is 0 Å². The molecule has 0 heterocycles. The van der Waals surface area contributed by atoms with Gasteiger partial charge in [0.15, 0.2) is 5.78 Å². The number of nitrogens with one attached hydrogen (secondary N) is 2. The van der Waals surface area contributed by atoms with Crippen LogP contribution in [0.3, 0.4) is 0 Å². The molecule has 0 aliphatic rings. The van der Waals surface area contributed by atoms with Gasteiger partial charge in [0.2, 0.25) is 11.8 Å². The first-order valence-corrected chi connectivity index (χ1v) is 10.2. The van der Waals surface area contributed by atoms with Crippen LogP contribution in [0.15, 0.2) is 0 Å². The number of hydrogen-bond acceptors (Lipinski definition) is 7. The number of ether oxygens (including phenoxy) is 2. The number of carboxylic acid groups (broad SMARTS) is 1. The van der Waals surface area contributed by atoms with Gasteiger partial charge in [0.05, 0.1) is 31.3 Å². The number of hydrogen-bond donors (Lipinski definition) is 3. The van der Waals surface area contributed by atoms with E-state index in [0.29, 0.717) is 12.9 Å². The van der Waals surface area contributed by atoms with Gasteiger partial charge >= 0.3 is 5.97 Å². The minimum Gasteiger partial charge on any atom is -0.481 e. The van der Waals surface area contributed by atoms with Crippen molar-refractivity contribution in [2.24, 2.45) is 10.8 Å². The van der Waals surface area contributed by atoms with Gasteiger partial charge in [-0.05, 0) is 33.6 Å². The third-order valence-electron chi connectivity index (χ3n) is 4.49. The predicted octanol–water partition coefficient (Wildman–Crippen LogP) is 0.716. The summed E-state index contributed by atoms with van der Waals surface area (Å²) in [5.74, 6) is -1.81. The summed E-state index contributed by atoms with van der Waals surface area (Å²) in [6, 6.07) is -0.847. The largest absolute Gasteiger partial charge is 0.481 e. The normalized spacial score (nSPS) is 12.7. The average Bonchev–Trinajstić information content (AvgIpc) is 2.65. The Bertz CT molecular complexity index is 631. The van der Waals surface area contributed by atoms with E-state index in [9.17, 15) is 29.1 Å². The molecule has 1 unspecified atom stereocenters. The standard InChI is InChI=1S/C21H36N2O8/c1-15(25)13-31-11-10-30-9-8-22-17(26)7-6-16(12-24)23-18(27)20(2,3)14-21(4,5)19(28)29/h12,16H,6-11,13-14H2,1-5H3,(H,22,26)(H,23,27)(H,28,29). The zero-order valence-corrected chi connectivity index (χ0v) is 19.1. The molecule has 10 heteroatoms. The molecule has 0 bridgehead atoms. The minimum atomic E-state index is -1.10. The van der Waals surface area contributed by atoms with Crippen molar-refractivity contribution >= 4 is 29.9 Å². The number of ketones is 1. The van der Waals surface area contributed by atoms with Crippen LogP contribution < -0.4 is 10.6 Å². The first kappa shape index (κ1) is 28.7. The molecule has 0 fully saturated rings. The summed E-state index contributed by atoms with van der Waals surface area (Å²) in [7, 11) is 0. The maximum Gasteiger partial charge on any atom is 0.309 e. The molecular weight excluding hydrogens is 408 g/mol. The number of carbonyl (C=O) groups is 5. The molecule has 10 nitrogen and oxygen atoms in total. The molecule has 0 saturated heterocycles. The van der Waals surface area contributed by atoms with Crippen molar-refractivity contribution in [1.29, 1.82) is 0 Å². The van der Waals surface area contributed by atoms with Gasteiger partial charge in [0.1, 0.15) is 12.9 Å². The maximum atomic E-state index is 12.5. The lowest BCUT2D eigenvalue weighted by Gasteiger charge is -2.31. The van der Waals surface area contributed by atoms with E-state index in [0.717, 1.165) is 0 Å².